The Labute approximate surface area is 159 Å². The Balaban J connectivity index is 1.67. The Morgan fingerprint density at radius 3 is 2.52 bits per heavy atom. The van der Waals surface area contributed by atoms with Crippen LogP contribution in [-0.2, 0) is 21.2 Å². The zero-order valence-electron chi connectivity index (χ0n) is 15.4. The van der Waals surface area contributed by atoms with Crippen molar-refractivity contribution in [3.8, 4) is 0 Å². The molecule has 1 unspecified atom stereocenters. The highest BCUT2D eigenvalue weighted by Gasteiger charge is 2.29. The van der Waals surface area contributed by atoms with Crippen LogP contribution < -0.4 is 9.62 Å². The molecule has 0 aliphatic carbocycles. The Morgan fingerprint density at radius 2 is 1.93 bits per heavy atom. The molecule has 0 radical (unpaired) electrons. The van der Waals surface area contributed by atoms with Crippen molar-refractivity contribution in [1.29, 1.82) is 0 Å². The predicted octanol–water partition coefficient (Wildman–Crippen LogP) is 3.49. The summed E-state index contributed by atoms with van der Waals surface area (Å²) >= 11 is 0. The van der Waals surface area contributed by atoms with Crippen LogP contribution in [0.4, 0.5) is 15.8 Å². The largest absolute Gasteiger partial charge is 0.326 e. The molecule has 1 fully saturated rings. The summed E-state index contributed by atoms with van der Waals surface area (Å²) in [7, 11) is -3.23. The molecular weight excluding hydrogens is 367 g/mol. The molecule has 1 amide bonds. The van der Waals surface area contributed by atoms with Gasteiger partial charge in [0.2, 0.25) is 15.9 Å². The van der Waals surface area contributed by atoms with E-state index in [0.717, 1.165) is 11.1 Å². The summed E-state index contributed by atoms with van der Waals surface area (Å²) in [4.78, 5) is 12.4. The maximum atomic E-state index is 13.0. The molecule has 1 aliphatic heterocycles. The molecule has 1 heterocycles. The third-order valence-electron chi connectivity index (χ3n) is 4.74. The van der Waals surface area contributed by atoms with E-state index in [0.29, 0.717) is 30.8 Å². The Morgan fingerprint density at radius 1 is 1.22 bits per heavy atom. The SMILES string of the molecule is Cc1cc(NC(=O)C(C)Cc2ccc(F)cc2)ccc1N1CCCS1(=O)=O. The zero-order chi connectivity index (χ0) is 19.6. The van der Waals surface area contributed by atoms with Crippen LogP contribution in [0.25, 0.3) is 0 Å². The van der Waals surface area contributed by atoms with E-state index in [2.05, 4.69) is 5.32 Å². The van der Waals surface area contributed by atoms with Crippen molar-refractivity contribution in [3.63, 3.8) is 0 Å². The molecular formula is C20H23FN2O3S. The first-order chi connectivity index (χ1) is 12.8. The minimum atomic E-state index is -3.23. The van der Waals surface area contributed by atoms with Crippen LogP contribution in [0, 0.1) is 18.7 Å². The fraction of sp³-hybridized carbons (Fsp3) is 0.350. The summed E-state index contributed by atoms with van der Waals surface area (Å²) in [6, 6.07) is 11.4. The lowest BCUT2D eigenvalue weighted by molar-refractivity contribution is -0.119. The summed E-state index contributed by atoms with van der Waals surface area (Å²) in [5.74, 6) is -0.549. The van der Waals surface area contributed by atoms with Crippen molar-refractivity contribution < 1.29 is 17.6 Å². The number of nitrogens with one attached hydrogen (secondary N) is 1. The molecule has 2 aromatic rings. The third-order valence-corrected chi connectivity index (χ3v) is 6.59. The zero-order valence-corrected chi connectivity index (χ0v) is 16.2. The van der Waals surface area contributed by atoms with Gasteiger partial charge in [-0.25, -0.2) is 12.8 Å². The topological polar surface area (TPSA) is 66.5 Å². The molecule has 0 saturated carbocycles. The van der Waals surface area contributed by atoms with E-state index in [1.807, 2.05) is 13.8 Å². The van der Waals surface area contributed by atoms with Crippen LogP contribution >= 0.6 is 0 Å². The van der Waals surface area contributed by atoms with Gasteiger partial charge in [0, 0.05) is 18.2 Å². The lowest BCUT2D eigenvalue weighted by atomic mass is 10.00. The predicted molar refractivity (Wildman–Crippen MR) is 105 cm³/mol. The molecule has 0 bridgehead atoms. The minimum absolute atomic E-state index is 0.139. The molecule has 0 aromatic heterocycles. The van der Waals surface area contributed by atoms with Crippen LogP contribution in [0.2, 0.25) is 0 Å². The maximum Gasteiger partial charge on any atom is 0.235 e. The number of halogens is 1. The molecule has 1 atom stereocenters. The summed E-state index contributed by atoms with van der Waals surface area (Å²) in [5.41, 5.74) is 2.97. The number of nitrogens with zero attached hydrogens (tertiary/aromatic N) is 1. The van der Waals surface area contributed by atoms with E-state index >= 15 is 0 Å². The Bertz CT molecular complexity index is 942. The van der Waals surface area contributed by atoms with Gasteiger partial charge in [-0.15, -0.1) is 0 Å². The first-order valence-corrected chi connectivity index (χ1v) is 10.5. The number of hydrogen-bond donors (Lipinski definition) is 1. The third kappa shape index (κ3) is 4.47. The van der Waals surface area contributed by atoms with Crippen molar-refractivity contribution in [2.24, 2.45) is 5.92 Å². The van der Waals surface area contributed by atoms with Gasteiger partial charge in [-0.05, 0) is 61.2 Å². The average Bonchev–Trinajstić information content (AvgIpc) is 2.96. The van der Waals surface area contributed by atoms with Gasteiger partial charge in [-0.2, -0.15) is 0 Å². The van der Waals surface area contributed by atoms with E-state index in [1.165, 1.54) is 16.4 Å². The highest BCUT2D eigenvalue weighted by atomic mass is 32.2. The second-order valence-electron chi connectivity index (χ2n) is 6.96. The number of amides is 1. The van der Waals surface area contributed by atoms with E-state index in [1.54, 1.807) is 30.3 Å². The molecule has 0 spiro atoms. The van der Waals surface area contributed by atoms with E-state index in [9.17, 15) is 17.6 Å². The Kier molecular flexibility index (Phi) is 5.51. The fourth-order valence-electron chi connectivity index (χ4n) is 3.26. The van der Waals surface area contributed by atoms with Crippen LogP contribution in [0.15, 0.2) is 42.5 Å². The molecule has 1 N–H and O–H groups in total. The van der Waals surface area contributed by atoms with Crippen molar-refractivity contribution >= 4 is 27.3 Å². The molecule has 27 heavy (non-hydrogen) atoms. The van der Waals surface area contributed by atoms with Gasteiger partial charge in [0.1, 0.15) is 5.82 Å². The minimum Gasteiger partial charge on any atom is -0.326 e. The van der Waals surface area contributed by atoms with Gasteiger partial charge in [-0.1, -0.05) is 19.1 Å². The van der Waals surface area contributed by atoms with Crippen LogP contribution in [0.3, 0.4) is 0 Å². The van der Waals surface area contributed by atoms with E-state index in [-0.39, 0.29) is 23.4 Å². The van der Waals surface area contributed by atoms with Gasteiger partial charge in [-0.3, -0.25) is 9.10 Å². The number of sulfonamides is 1. The molecule has 5 nitrogen and oxygen atoms in total. The van der Waals surface area contributed by atoms with Gasteiger partial charge >= 0.3 is 0 Å². The fourth-order valence-corrected chi connectivity index (χ4v) is 4.88. The van der Waals surface area contributed by atoms with Crippen molar-refractivity contribution in [2.45, 2.75) is 26.7 Å². The first-order valence-electron chi connectivity index (χ1n) is 8.92. The van der Waals surface area contributed by atoms with Crippen molar-refractivity contribution in [3.05, 3.63) is 59.4 Å². The number of anilines is 2. The van der Waals surface area contributed by atoms with Crippen LogP contribution in [0.1, 0.15) is 24.5 Å². The standard InChI is InChI=1S/C20H23FN2O3S/c1-14-13-18(8-9-19(14)23-10-3-11-27(23,25)26)22-20(24)15(2)12-16-4-6-17(21)7-5-16/h4-9,13,15H,3,10-12H2,1-2H3,(H,22,24). The first kappa shape index (κ1) is 19.4. The number of carbonyl (C=O) groups excluding carboxylic acids is 1. The molecule has 3 rings (SSSR count). The lowest BCUT2D eigenvalue weighted by Crippen LogP contribution is -2.26. The van der Waals surface area contributed by atoms with Crippen LogP contribution in [0.5, 0.6) is 0 Å². The van der Waals surface area contributed by atoms with Gasteiger partial charge < -0.3 is 5.32 Å². The highest BCUT2D eigenvalue weighted by Crippen LogP contribution is 2.29. The smallest absolute Gasteiger partial charge is 0.235 e. The number of hydrogen-bond acceptors (Lipinski definition) is 3. The molecule has 7 heteroatoms. The van der Waals surface area contributed by atoms with Crippen molar-refractivity contribution in [1.82, 2.24) is 0 Å². The van der Waals surface area contributed by atoms with Gasteiger partial charge in [0.25, 0.3) is 0 Å². The molecule has 1 aliphatic rings. The monoisotopic (exact) mass is 390 g/mol. The van der Waals surface area contributed by atoms with E-state index in [4.69, 9.17) is 0 Å². The molecule has 144 valence electrons. The average molecular weight is 390 g/mol. The normalized spacial score (nSPS) is 16.9. The highest BCUT2D eigenvalue weighted by molar-refractivity contribution is 7.93. The number of rotatable bonds is 5. The van der Waals surface area contributed by atoms with Crippen LogP contribution in [-0.4, -0.2) is 26.6 Å². The van der Waals surface area contributed by atoms with Gasteiger partial charge in [0.05, 0.1) is 11.4 Å². The summed E-state index contributed by atoms with van der Waals surface area (Å²) < 4.78 is 38.6. The summed E-state index contributed by atoms with van der Waals surface area (Å²) in [6.45, 7) is 4.14. The Hall–Kier alpha value is -2.41. The number of aryl methyl sites for hydroxylation is 1. The van der Waals surface area contributed by atoms with Crippen molar-refractivity contribution in [2.75, 3.05) is 21.9 Å². The molecule has 1 saturated heterocycles. The lowest BCUT2D eigenvalue weighted by Gasteiger charge is -2.20. The van der Waals surface area contributed by atoms with Gasteiger partial charge in [0.15, 0.2) is 0 Å². The number of carbonyl (C=O) groups is 1. The number of benzene rings is 2. The quantitative estimate of drug-likeness (QED) is 0.850. The maximum absolute atomic E-state index is 13.0. The summed E-state index contributed by atoms with van der Waals surface area (Å²) in [5, 5.41) is 2.87. The second-order valence-corrected chi connectivity index (χ2v) is 8.98. The molecule has 2 aromatic carbocycles. The summed E-state index contributed by atoms with van der Waals surface area (Å²) in [6.07, 6.45) is 1.14. The van der Waals surface area contributed by atoms with E-state index < -0.39 is 10.0 Å². The second kappa shape index (κ2) is 7.68.